The molecule has 0 radical (unpaired) electrons. The maximum absolute atomic E-state index is 6.72. The van der Waals surface area contributed by atoms with E-state index in [4.69, 9.17) is 24.4 Å². The number of rotatable bonds is 5. The summed E-state index contributed by atoms with van der Waals surface area (Å²) in [6.07, 6.45) is 0. The number of fused-ring (bicyclic) bond motifs is 6. The Bertz CT molecular complexity index is 2810. The van der Waals surface area contributed by atoms with Gasteiger partial charge in [-0.1, -0.05) is 127 Å². The lowest BCUT2D eigenvalue weighted by Gasteiger charge is -2.09. The smallest absolute Gasteiger partial charge is 0.164 e. The zero-order valence-corrected chi connectivity index (χ0v) is 27.4. The van der Waals surface area contributed by atoms with Crippen molar-refractivity contribution in [3.05, 3.63) is 158 Å². The van der Waals surface area contributed by atoms with Gasteiger partial charge in [-0.3, -0.25) is 0 Å². The Labute approximate surface area is 291 Å². The number of furan rings is 1. The number of nitrogens with zero attached hydrogens (tertiary/aromatic N) is 4. The molecule has 0 saturated carbocycles. The quantitative estimate of drug-likeness (QED) is 0.184. The number of benzene rings is 6. The number of para-hydroxylation sites is 1. The minimum atomic E-state index is 0.635. The molecule has 0 atom stereocenters. The molecule has 0 N–H and O–H groups in total. The van der Waals surface area contributed by atoms with E-state index in [1.807, 2.05) is 48.5 Å². The molecule has 6 heteroatoms. The van der Waals surface area contributed by atoms with E-state index in [1.165, 1.54) is 4.70 Å². The van der Waals surface area contributed by atoms with E-state index in [9.17, 15) is 0 Å². The minimum absolute atomic E-state index is 0.635. The average molecular weight is 659 g/mol. The SMILES string of the molecule is c1ccc(-c2cc(-c3ccccc3)nc(-c3ccc4c(c3)oc3c(-c5nc(-c6ccccc6)c6sc7ccccc7c6n5)cccc34)n2)cc1. The average Bonchev–Trinajstić information content (AvgIpc) is 3.76. The number of hydrogen-bond donors (Lipinski definition) is 0. The van der Waals surface area contributed by atoms with Crippen molar-refractivity contribution in [2.45, 2.75) is 0 Å². The fourth-order valence-electron chi connectivity index (χ4n) is 6.71. The number of hydrogen-bond acceptors (Lipinski definition) is 6. The Hall–Kier alpha value is -6.50. The van der Waals surface area contributed by atoms with E-state index in [0.29, 0.717) is 11.6 Å². The van der Waals surface area contributed by atoms with Crippen LogP contribution in [0.5, 0.6) is 0 Å². The summed E-state index contributed by atoms with van der Waals surface area (Å²) < 4.78 is 8.99. The summed E-state index contributed by atoms with van der Waals surface area (Å²) in [6.45, 7) is 0. The molecule has 234 valence electrons. The predicted octanol–water partition coefficient (Wildman–Crippen LogP) is 11.9. The fraction of sp³-hybridized carbons (Fsp3) is 0. The molecule has 4 heterocycles. The van der Waals surface area contributed by atoms with Crippen LogP contribution in [0.15, 0.2) is 162 Å². The summed E-state index contributed by atoms with van der Waals surface area (Å²) in [5.41, 5.74) is 9.97. The molecule has 5 nitrogen and oxygen atoms in total. The number of aromatic nitrogens is 4. The molecule has 0 amide bonds. The van der Waals surface area contributed by atoms with Gasteiger partial charge in [0.1, 0.15) is 11.2 Å². The summed E-state index contributed by atoms with van der Waals surface area (Å²) >= 11 is 1.73. The van der Waals surface area contributed by atoms with E-state index in [0.717, 1.165) is 82.4 Å². The maximum atomic E-state index is 6.72. The lowest BCUT2D eigenvalue weighted by atomic mass is 10.0. The Morgan fingerprint density at radius 2 is 1.08 bits per heavy atom. The first-order valence-corrected chi connectivity index (χ1v) is 17.3. The Morgan fingerprint density at radius 1 is 0.440 bits per heavy atom. The Balaban J connectivity index is 1.15. The third-order valence-corrected chi connectivity index (χ3v) is 10.3. The van der Waals surface area contributed by atoms with Gasteiger partial charge in [0.05, 0.1) is 32.9 Å². The van der Waals surface area contributed by atoms with Crippen molar-refractivity contribution < 1.29 is 4.42 Å². The molecule has 10 rings (SSSR count). The summed E-state index contributed by atoms with van der Waals surface area (Å²) in [4.78, 5) is 20.5. The molecule has 0 aliphatic carbocycles. The van der Waals surface area contributed by atoms with E-state index in [2.05, 4.69) is 109 Å². The van der Waals surface area contributed by atoms with Crippen molar-refractivity contribution in [1.29, 1.82) is 0 Å². The van der Waals surface area contributed by atoms with Crippen LogP contribution in [0.25, 0.3) is 98.8 Å². The van der Waals surface area contributed by atoms with Crippen LogP contribution in [0.2, 0.25) is 0 Å². The van der Waals surface area contributed by atoms with Crippen LogP contribution in [-0.4, -0.2) is 19.9 Å². The molecule has 0 unspecified atom stereocenters. The second-order valence-electron chi connectivity index (χ2n) is 12.2. The van der Waals surface area contributed by atoms with Crippen LogP contribution in [0, 0.1) is 0 Å². The molecule has 0 saturated heterocycles. The van der Waals surface area contributed by atoms with E-state index < -0.39 is 0 Å². The van der Waals surface area contributed by atoms with Gasteiger partial charge in [-0.15, -0.1) is 11.3 Å². The third kappa shape index (κ3) is 4.77. The van der Waals surface area contributed by atoms with Crippen molar-refractivity contribution in [1.82, 2.24) is 19.9 Å². The van der Waals surface area contributed by atoms with Gasteiger partial charge in [0.15, 0.2) is 11.6 Å². The maximum Gasteiger partial charge on any atom is 0.164 e. The van der Waals surface area contributed by atoms with Gasteiger partial charge >= 0.3 is 0 Å². The molecule has 0 aliphatic rings. The molecule has 50 heavy (non-hydrogen) atoms. The topological polar surface area (TPSA) is 64.7 Å². The lowest BCUT2D eigenvalue weighted by molar-refractivity contribution is 0.669. The highest BCUT2D eigenvalue weighted by molar-refractivity contribution is 7.26. The monoisotopic (exact) mass is 658 g/mol. The molecular weight excluding hydrogens is 633 g/mol. The highest BCUT2D eigenvalue weighted by atomic mass is 32.1. The van der Waals surface area contributed by atoms with Crippen molar-refractivity contribution in [2.24, 2.45) is 0 Å². The second kappa shape index (κ2) is 11.6. The van der Waals surface area contributed by atoms with Crippen molar-refractivity contribution in [2.75, 3.05) is 0 Å². The standard InChI is InChI=1S/C44H26N4OS/c1-4-13-27(14-5-1)35-26-36(28-15-6-2-7-16-28)46-43(45-35)30-23-24-31-32-20-12-21-34(41(32)49-37(31)25-30)44-47-39(29-17-8-3-9-18-29)42-40(48-44)33-19-10-11-22-38(33)50-42/h1-26H. The van der Waals surface area contributed by atoms with Crippen LogP contribution < -0.4 is 0 Å². The van der Waals surface area contributed by atoms with Crippen LogP contribution >= 0.6 is 11.3 Å². The zero-order chi connectivity index (χ0) is 33.0. The minimum Gasteiger partial charge on any atom is -0.455 e. The molecule has 0 aliphatic heterocycles. The molecule has 0 spiro atoms. The summed E-state index contributed by atoms with van der Waals surface area (Å²) in [7, 11) is 0. The van der Waals surface area contributed by atoms with Crippen molar-refractivity contribution >= 4 is 53.6 Å². The summed E-state index contributed by atoms with van der Waals surface area (Å²) in [6, 6.07) is 53.7. The third-order valence-electron chi connectivity index (χ3n) is 9.13. The molecule has 0 bridgehead atoms. The first-order chi connectivity index (χ1) is 24.8. The lowest BCUT2D eigenvalue weighted by Crippen LogP contribution is -1.95. The first-order valence-electron chi connectivity index (χ1n) is 16.5. The molecule has 0 fully saturated rings. The zero-order valence-electron chi connectivity index (χ0n) is 26.6. The van der Waals surface area contributed by atoms with Crippen LogP contribution in [0.1, 0.15) is 0 Å². The molecule has 10 aromatic rings. The Morgan fingerprint density at radius 3 is 1.80 bits per heavy atom. The van der Waals surface area contributed by atoms with Crippen LogP contribution in [-0.2, 0) is 0 Å². The van der Waals surface area contributed by atoms with Gasteiger partial charge in [0.25, 0.3) is 0 Å². The van der Waals surface area contributed by atoms with E-state index in [1.54, 1.807) is 11.3 Å². The largest absolute Gasteiger partial charge is 0.455 e. The first kappa shape index (κ1) is 28.5. The molecule has 4 aromatic heterocycles. The van der Waals surface area contributed by atoms with Crippen LogP contribution in [0.3, 0.4) is 0 Å². The van der Waals surface area contributed by atoms with Crippen molar-refractivity contribution in [3.8, 4) is 56.5 Å². The number of thiophene rings is 1. The highest BCUT2D eigenvalue weighted by Crippen LogP contribution is 2.42. The van der Waals surface area contributed by atoms with Crippen molar-refractivity contribution in [3.63, 3.8) is 0 Å². The highest BCUT2D eigenvalue weighted by Gasteiger charge is 2.20. The fourth-order valence-corrected chi connectivity index (χ4v) is 7.86. The van der Waals surface area contributed by atoms with E-state index in [-0.39, 0.29) is 0 Å². The summed E-state index contributed by atoms with van der Waals surface area (Å²) in [5.74, 6) is 1.27. The summed E-state index contributed by atoms with van der Waals surface area (Å²) in [5, 5.41) is 3.15. The molecule has 6 aromatic carbocycles. The van der Waals surface area contributed by atoms with Gasteiger partial charge in [0, 0.05) is 43.1 Å². The van der Waals surface area contributed by atoms with Gasteiger partial charge in [-0.25, -0.2) is 19.9 Å². The van der Waals surface area contributed by atoms with Gasteiger partial charge in [-0.2, -0.15) is 0 Å². The second-order valence-corrected chi connectivity index (χ2v) is 13.3. The van der Waals surface area contributed by atoms with Crippen LogP contribution in [0.4, 0.5) is 0 Å². The van der Waals surface area contributed by atoms with Gasteiger partial charge in [0.2, 0.25) is 0 Å². The van der Waals surface area contributed by atoms with Gasteiger partial charge in [-0.05, 0) is 30.3 Å². The predicted molar refractivity (Wildman–Crippen MR) is 205 cm³/mol. The van der Waals surface area contributed by atoms with E-state index >= 15 is 0 Å². The normalized spacial score (nSPS) is 11.6. The Kier molecular flexibility index (Phi) is 6.60. The van der Waals surface area contributed by atoms with Gasteiger partial charge < -0.3 is 4.42 Å². The molecular formula is C44H26N4OS.